The highest BCUT2D eigenvalue weighted by molar-refractivity contribution is 5.86. The number of hydrogen-bond donors (Lipinski definition) is 0. The fourth-order valence-corrected chi connectivity index (χ4v) is 2.44. The number of ether oxygens (including phenoxy) is 1. The summed E-state index contributed by atoms with van der Waals surface area (Å²) in [6, 6.07) is 7.87. The smallest absolute Gasteiger partial charge is 0.154 e. The third kappa shape index (κ3) is 3.10. The number of Topliss-reactive ketones (excluding diaryl/α,β-unsaturated/α-hetero) is 1. The molecule has 0 N–H and O–H groups in total. The van der Waals surface area contributed by atoms with Gasteiger partial charge < -0.3 is 4.74 Å². The minimum atomic E-state index is -0.0504. The van der Waals surface area contributed by atoms with E-state index in [2.05, 4.69) is 5.32 Å². The van der Waals surface area contributed by atoms with Crippen LogP contribution in [0, 0.1) is 5.92 Å². The summed E-state index contributed by atoms with van der Waals surface area (Å²) in [5.41, 5.74) is 1.15. The average Bonchev–Trinajstić information content (AvgIpc) is 2.92. The molecule has 3 heteroatoms. The fourth-order valence-electron chi connectivity index (χ4n) is 2.44. The Balaban J connectivity index is 1.97. The van der Waals surface area contributed by atoms with E-state index in [1.807, 2.05) is 31.2 Å². The molecule has 0 aliphatic carbocycles. The highest BCUT2D eigenvalue weighted by Gasteiger charge is 2.27. The van der Waals surface area contributed by atoms with Crippen molar-refractivity contribution in [2.75, 3.05) is 13.7 Å². The molecular formula is C15H20NO2. The molecule has 1 aromatic rings. The molecular weight excluding hydrogens is 226 g/mol. The molecule has 2 atom stereocenters. The summed E-state index contributed by atoms with van der Waals surface area (Å²) < 4.78 is 5.19. The Bertz CT molecular complexity index is 411. The normalized spacial score (nSPS) is 20.7. The molecule has 1 radical (unpaired) electrons. The van der Waals surface area contributed by atoms with Crippen LogP contribution in [0.5, 0.6) is 5.75 Å². The lowest BCUT2D eigenvalue weighted by molar-refractivity contribution is -0.124. The van der Waals surface area contributed by atoms with Gasteiger partial charge in [0.1, 0.15) is 5.75 Å². The standard InChI is InChI=1S/C15H20NO2/c1-11(15(17)14-7-4-8-16-14)9-12-5-3-6-13(10-12)18-2/h3,5-6,10-11,14H,4,7-9H2,1-2H3. The molecule has 1 fully saturated rings. The highest BCUT2D eigenvalue weighted by Crippen LogP contribution is 2.19. The van der Waals surface area contributed by atoms with Crippen LogP contribution in [0.4, 0.5) is 0 Å². The van der Waals surface area contributed by atoms with E-state index in [0.717, 1.165) is 37.1 Å². The molecule has 1 heterocycles. The number of methoxy groups -OCH3 is 1. The van der Waals surface area contributed by atoms with Crippen LogP contribution >= 0.6 is 0 Å². The maximum Gasteiger partial charge on any atom is 0.154 e. The first kappa shape index (κ1) is 13.1. The molecule has 0 bridgehead atoms. The second-order valence-corrected chi connectivity index (χ2v) is 4.92. The Kier molecular flexibility index (Phi) is 4.37. The molecule has 2 unspecified atom stereocenters. The van der Waals surface area contributed by atoms with Crippen molar-refractivity contribution in [3.63, 3.8) is 0 Å². The van der Waals surface area contributed by atoms with Gasteiger partial charge in [-0.2, -0.15) is 0 Å². The van der Waals surface area contributed by atoms with E-state index in [9.17, 15) is 4.79 Å². The second-order valence-electron chi connectivity index (χ2n) is 4.92. The molecule has 2 rings (SSSR count). The SMILES string of the molecule is COc1cccc(CC(C)C(=O)C2CCC[N]2)c1. The van der Waals surface area contributed by atoms with Crippen LogP contribution in [0.15, 0.2) is 24.3 Å². The fraction of sp³-hybridized carbons (Fsp3) is 0.533. The lowest BCUT2D eigenvalue weighted by Crippen LogP contribution is -2.31. The van der Waals surface area contributed by atoms with Gasteiger partial charge in [0.15, 0.2) is 5.78 Å². The summed E-state index contributed by atoms with van der Waals surface area (Å²) in [6.07, 6.45) is 2.76. The van der Waals surface area contributed by atoms with E-state index in [1.165, 1.54) is 0 Å². The highest BCUT2D eigenvalue weighted by atomic mass is 16.5. The Hall–Kier alpha value is -1.35. The van der Waals surface area contributed by atoms with Gasteiger partial charge in [0.05, 0.1) is 13.2 Å². The van der Waals surface area contributed by atoms with Crippen LogP contribution in [-0.2, 0) is 11.2 Å². The Morgan fingerprint density at radius 1 is 1.56 bits per heavy atom. The Morgan fingerprint density at radius 3 is 3.06 bits per heavy atom. The van der Waals surface area contributed by atoms with Gasteiger partial charge in [0.2, 0.25) is 0 Å². The third-order valence-electron chi connectivity index (χ3n) is 3.48. The third-order valence-corrected chi connectivity index (χ3v) is 3.48. The van der Waals surface area contributed by atoms with Gasteiger partial charge in [-0.3, -0.25) is 4.79 Å². The van der Waals surface area contributed by atoms with Crippen LogP contribution in [0.3, 0.4) is 0 Å². The lowest BCUT2D eigenvalue weighted by atomic mass is 9.92. The summed E-state index contributed by atoms with van der Waals surface area (Å²) in [6.45, 7) is 2.85. The number of carbonyl (C=O) groups excluding carboxylic acids is 1. The zero-order chi connectivity index (χ0) is 13.0. The Labute approximate surface area is 109 Å². The molecule has 3 nitrogen and oxygen atoms in total. The van der Waals surface area contributed by atoms with Crippen LogP contribution < -0.4 is 10.1 Å². The topological polar surface area (TPSA) is 40.4 Å². The molecule has 0 spiro atoms. The molecule has 0 amide bonds. The van der Waals surface area contributed by atoms with Gasteiger partial charge in [-0.1, -0.05) is 19.1 Å². The van der Waals surface area contributed by atoms with E-state index in [-0.39, 0.29) is 17.7 Å². The van der Waals surface area contributed by atoms with Crippen LogP contribution in [0.1, 0.15) is 25.3 Å². The lowest BCUT2D eigenvalue weighted by Gasteiger charge is -2.15. The van der Waals surface area contributed by atoms with Crippen molar-refractivity contribution in [1.29, 1.82) is 0 Å². The summed E-state index contributed by atoms with van der Waals surface area (Å²) in [4.78, 5) is 12.2. The molecule has 97 valence electrons. The van der Waals surface area contributed by atoms with E-state index in [0.29, 0.717) is 0 Å². The average molecular weight is 246 g/mol. The summed E-state index contributed by atoms with van der Waals surface area (Å²) in [7, 11) is 1.66. The van der Waals surface area contributed by atoms with Gasteiger partial charge in [0, 0.05) is 12.5 Å². The van der Waals surface area contributed by atoms with E-state index < -0.39 is 0 Å². The van der Waals surface area contributed by atoms with Crippen LogP contribution in [-0.4, -0.2) is 25.5 Å². The van der Waals surface area contributed by atoms with Gasteiger partial charge in [-0.15, -0.1) is 0 Å². The number of ketones is 1. The first-order valence-electron chi connectivity index (χ1n) is 6.54. The number of rotatable bonds is 5. The second kappa shape index (κ2) is 6.01. The Morgan fingerprint density at radius 2 is 2.39 bits per heavy atom. The van der Waals surface area contributed by atoms with Gasteiger partial charge >= 0.3 is 0 Å². The maximum atomic E-state index is 12.2. The predicted molar refractivity (Wildman–Crippen MR) is 70.9 cm³/mol. The first-order chi connectivity index (χ1) is 8.70. The molecule has 0 aromatic heterocycles. The van der Waals surface area contributed by atoms with E-state index >= 15 is 0 Å². The van der Waals surface area contributed by atoms with Gasteiger partial charge in [-0.25, -0.2) is 5.32 Å². The van der Waals surface area contributed by atoms with E-state index in [4.69, 9.17) is 4.74 Å². The van der Waals surface area contributed by atoms with Crippen molar-refractivity contribution in [1.82, 2.24) is 5.32 Å². The van der Waals surface area contributed by atoms with Gasteiger partial charge in [0.25, 0.3) is 0 Å². The number of nitrogens with zero attached hydrogens (tertiary/aromatic N) is 1. The van der Waals surface area contributed by atoms with E-state index in [1.54, 1.807) is 7.11 Å². The van der Waals surface area contributed by atoms with Crippen LogP contribution in [0.2, 0.25) is 0 Å². The summed E-state index contributed by atoms with van der Waals surface area (Å²) in [5, 5.41) is 4.36. The zero-order valence-corrected chi connectivity index (χ0v) is 11.1. The first-order valence-corrected chi connectivity index (χ1v) is 6.54. The number of carbonyl (C=O) groups is 1. The molecule has 1 aliphatic heterocycles. The quantitative estimate of drug-likeness (QED) is 0.799. The minimum Gasteiger partial charge on any atom is -0.497 e. The number of benzene rings is 1. The van der Waals surface area contributed by atoms with Crippen molar-refractivity contribution < 1.29 is 9.53 Å². The van der Waals surface area contributed by atoms with Crippen molar-refractivity contribution in [2.45, 2.75) is 32.2 Å². The number of hydrogen-bond acceptors (Lipinski definition) is 2. The summed E-state index contributed by atoms with van der Waals surface area (Å²) in [5.74, 6) is 1.16. The molecule has 1 aliphatic rings. The predicted octanol–water partition coefficient (Wildman–Crippen LogP) is 2.21. The van der Waals surface area contributed by atoms with Gasteiger partial charge in [-0.05, 0) is 37.0 Å². The minimum absolute atomic E-state index is 0.0314. The van der Waals surface area contributed by atoms with Crippen molar-refractivity contribution in [3.8, 4) is 5.75 Å². The molecule has 1 aromatic carbocycles. The molecule has 18 heavy (non-hydrogen) atoms. The maximum absolute atomic E-state index is 12.2. The largest absolute Gasteiger partial charge is 0.497 e. The monoisotopic (exact) mass is 246 g/mol. The van der Waals surface area contributed by atoms with Crippen LogP contribution in [0.25, 0.3) is 0 Å². The van der Waals surface area contributed by atoms with Crippen molar-refractivity contribution in [3.05, 3.63) is 29.8 Å². The zero-order valence-electron chi connectivity index (χ0n) is 11.1. The molecule has 0 saturated carbocycles. The summed E-state index contributed by atoms with van der Waals surface area (Å²) >= 11 is 0. The van der Waals surface area contributed by atoms with Crippen molar-refractivity contribution >= 4 is 5.78 Å². The molecule has 1 saturated heterocycles. The van der Waals surface area contributed by atoms with Crippen molar-refractivity contribution in [2.24, 2.45) is 5.92 Å².